The van der Waals surface area contributed by atoms with Crippen molar-refractivity contribution in [2.75, 3.05) is 18.5 Å². The second-order valence-corrected chi connectivity index (χ2v) is 10.4. The number of carbonyl (C=O) groups excluding carboxylic acids is 2. The lowest BCUT2D eigenvalue weighted by molar-refractivity contribution is -0.143. The molecule has 0 radical (unpaired) electrons. The lowest BCUT2D eigenvalue weighted by Gasteiger charge is -2.30. The summed E-state index contributed by atoms with van der Waals surface area (Å²) in [6.45, 7) is 2.20. The van der Waals surface area contributed by atoms with Crippen LogP contribution in [0.1, 0.15) is 46.8 Å². The van der Waals surface area contributed by atoms with Gasteiger partial charge in [0.25, 0.3) is 5.91 Å². The number of rotatable bonds is 9. The van der Waals surface area contributed by atoms with E-state index in [0.29, 0.717) is 24.4 Å². The molecule has 0 N–H and O–H groups in total. The molecular formula is C32H31F6N3O2. The maximum absolute atomic E-state index is 13.6. The van der Waals surface area contributed by atoms with E-state index >= 15 is 0 Å². The predicted octanol–water partition coefficient (Wildman–Crippen LogP) is 7.73. The first-order chi connectivity index (χ1) is 20.2. The van der Waals surface area contributed by atoms with E-state index in [4.69, 9.17) is 0 Å². The molecule has 1 aromatic heterocycles. The van der Waals surface area contributed by atoms with Crippen LogP contribution in [0.4, 0.5) is 32.0 Å². The number of likely N-dealkylation sites (N-methyl/N-ethyl adjacent to an activating group) is 1. The zero-order chi connectivity index (χ0) is 31.5. The average Bonchev–Trinajstić information content (AvgIpc) is 3.29. The Kier molecular flexibility index (Phi) is 9.22. The molecule has 43 heavy (non-hydrogen) atoms. The number of aromatic nitrogens is 1. The molecule has 2 amide bonds. The van der Waals surface area contributed by atoms with Crippen LogP contribution in [0.3, 0.4) is 0 Å². The summed E-state index contributed by atoms with van der Waals surface area (Å²) < 4.78 is 83.0. The van der Waals surface area contributed by atoms with Crippen LogP contribution in [0.15, 0.2) is 79.0 Å². The average molecular weight is 604 g/mol. The van der Waals surface area contributed by atoms with E-state index in [1.807, 2.05) is 55.1 Å². The summed E-state index contributed by atoms with van der Waals surface area (Å²) in [4.78, 5) is 29.6. The number of carbonyl (C=O) groups is 2. The number of amides is 2. The van der Waals surface area contributed by atoms with Crippen LogP contribution in [0, 0.1) is 0 Å². The summed E-state index contributed by atoms with van der Waals surface area (Å²) in [5.41, 5.74) is -1.45. The third kappa shape index (κ3) is 7.21. The van der Waals surface area contributed by atoms with Gasteiger partial charge in [-0.3, -0.25) is 9.59 Å². The standard InChI is InChI=1S/C32H31F6N3O2/c1-4-41(25-10-6-5-7-11-25)29(42)15-14-26(18-22-20-39(2)28-13-9-8-12-27(22)28)40(3)30(43)21-16-23(31(33,34)35)19-24(17-21)32(36,37)38/h5-13,16-17,19-20,26H,4,14-15,18H2,1-3H3. The fraction of sp³-hybridized carbons (Fsp3) is 0.312. The van der Waals surface area contributed by atoms with E-state index < -0.39 is 41.0 Å². The fourth-order valence-corrected chi connectivity index (χ4v) is 5.26. The van der Waals surface area contributed by atoms with E-state index in [9.17, 15) is 35.9 Å². The molecular weight excluding hydrogens is 572 g/mol. The molecule has 228 valence electrons. The van der Waals surface area contributed by atoms with Crippen molar-refractivity contribution in [3.05, 3.63) is 101 Å². The summed E-state index contributed by atoms with van der Waals surface area (Å²) >= 11 is 0. The summed E-state index contributed by atoms with van der Waals surface area (Å²) in [5, 5.41) is 0.889. The van der Waals surface area contributed by atoms with Crippen molar-refractivity contribution in [3.63, 3.8) is 0 Å². The Labute approximate surface area is 245 Å². The number of fused-ring (bicyclic) bond motifs is 1. The van der Waals surface area contributed by atoms with Gasteiger partial charge >= 0.3 is 12.4 Å². The fourth-order valence-electron chi connectivity index (χ4n) is 5.26. The Balaban J connectivity index is 1.69. The second-order valence-electron chi connectivity index (χ2n) is 10.4. The number of nitrogens with zero attached hydrogens (tertiary/aromatic N) is 3. The van der Waals surface area contributed by atoms with Gasteiger partial charge in [-0.25, -0.2) is 0 Å². The summed E-state index contributed by atoms with van der Waals surface area (Å²) in [6, 6.07) is 16.6. The third-order valence-electron chi connectivity index (χ3n) is 7.51. The Bertz CT molecular complexity index is 1560. The van der Waals surface area contributed by atoms with Crippen molar-refractivity contribution in [1.82, 2.24) is 9.47 Å². The minimum Gasteiger partial charge on any atom is -0.350 e. The van der Waals surface area contributed by atoms with Crippen molar-refractivity contribution >= 4 is 28.4 Å². The van der Waals surface area contributed by atoms with E-state index in [-0.39, 0.29) is 31.2 Å². The zero-order valence-corrected chi connectivity index (χ0v) is 23.8. The minimum absolute atomic E-state index is 0.00776. The highest BCUT2D eigenvalue weighted by molar-refractivity contribution is 5.95. The number of alkyl halides is 6. The van der Waals surface area contributed by atoms with E-state index in [1.54, 1.807) is 29.2 Å². The number of benzene rings is 3. The molecule has 0 saturated carbocycles. The molecule has 0 bridgehead atoms. The molecule has 3 aromatic carbocycles. The van der Waals surface area contributed by atoms with Crippen molar-refractivity contribution in [2.24, 2.45) is 7.05 Å². The zero-order valence-electron chi connectivity index (χ0n) is 23.8. The van der Waals surface area contributed by atoms with E-state index in [0.717, 1.165) is 21.4 Å². The second kappa shape index (κ2) is 12.5. The van der Waals surface area contributed by atoms with Gasteiger partial charge < -0.3 is 14.4 Å². The van der Waals surface area contributed by atoms with Crippen LogP contribution in [-0.4, -0.2) is 40.9 Å². The smallest absolute Gasteiger partial charge is 0.350 e. The topological polar surface area (TPSA) is 45.6 Å². The highest BCUT2D eigenvalue weighted by atomic mass is 19.4. The molecule has 0 spiro atoms. The molecule has 0 aliphatic heterocycles. The number of aryl methyl sites for hydroxylation is 1. The predicted molar refractivity (Wildman–Crippen MR) is 153 cm³/mol. The van der Waals surface area contributed by atoms with Crippen LogP contribution in [0.5, 0.6) is 0 Å². The molecule has 5 nitrogen and oxygen atoms in total. The van der Waals surface area contributed by atoms with Gasteiger partial charge in [0.1, 0.15) is 0 Å². The Hall–Kier alpha value is -4.28. The van der Waals surface area contributed by atoms with Gasteiger partial charge in [-0.05, 0) is 61.7 Å². The number of hydrogen-bond donors (Lipinski definition) is 0. The molecule has 4 rings (SSSR count). The summed E-state index contributed by atoms with van der Waals surface area (Å²) in [6.07, 6.45) is -7.98. The Morgan fingerprint density at radius 1 is 0.860 bits per heavy atom. The van der Waals surface area contributed by atoms with Gasteiger partial charge in [-0.2, -0.15) is 26.3 Å². The monoisotopic (exact) mass is 603 g/mol. The molecule has 11 heteroatoms. The van der Waals surface area contributed by atoms with E-state index in [1.165, 1.54) is 7.05 Å². The van der Waals surface area contributed by atoms with Gasteiger partial charge in [0.2, 0.25) is 5.91 Å². The summed E-state index contributed by atoms with van der Waals surface area (Å²) in [7, 11) is 3.18. The largest absolute Gasteiger partial charge is 0.416 e. The highest BCUT2D eigenvalue weighted by Crippen LogP contribution is 2.37. The lowest BCUT2D eigenvalue weighted by Crippen LogP contribution is -2.40. The molecule has 1 heterocycles. The quantitative estimate of drug-likeness (QED) is 0.184. The van der Waals surface area contributed by atoms with Gasteiger partial charge in [0, 0.05) is 61.5 Å². The van der Waals surface area contributed by atoms with Gasteiger partial charge in [0.15, 0.2) is 0 Å². The Morgan fingerprint density at radius 2 is 1.44 bits per heavy atom. The van der Waals surface area contributed by atoms with E-state index in [2.05, 4.69) is 0 Å². The first-order valence-electron chi connectivity index (χ1n) is 13.7. The molecule has 1 unspecified atom stereocenters. The van der Waals surface area contributed by atoms with Crippen molar-refractivity contribution < 1.29 is 35.9 Å². The van der Waals surface area contributed by atoms with Crippen LogP contribution in [-0.2, 0) is 30.6 Å². The van der Waals surface area contributed by atoms with Crippen LogP contribution >= 0.6 is 0 Å². The number of halogens is 6. The maximum atomic E-state index is 13.6. The normalized spacial score (nSPS) is 12.8. The molecule has 1 atom stereocenters. The third-order valence-corrected chi connectivity index (χ3v) is 7.51. The van der Waals surface area contributed by atoms with Crippen LogP contribution < -0.4 is 4.90 Å². The van der Waals surface area contributed by atoms with Gasteiger partial charge in [-0.15, -0.1) is 0 Å². The van der Waals surface area contributed by atoms with Crippen molar-refractivity contribution in [3.8, 4) is 0 Å². The lowest BCUT2D eigenvalue weighted by atomic mass is 9.98. The van der Waals surface area contributed by atoms with Gasteiger partial charge in [0.05, 0.1) is 11.1 Å². The minimum atomic E-state index is -5.09. The number of anilines is 1. The first-order valence-corrected chi connectivity index (χ1v) is 13.7. The first kappa shape index (κ1) is 31.7. The summed E-state index contributed by atoms with van der Waals surface area (Å²) in [5.74, 6) is -1.24. The van der Waals surface area contributed by atoms with Crippen molar-refractivity contribution in [1.29, 1.82) is 0 Å². The van der Waals surface area contributed by atoms with Gasteiger partial charge in [-0.1, -0.05) is 36.4 Å². The SMILES string of the molecule is CCN(C(=O)CCC(Cc1cn(C)c2ccccc12)N(C)C(=O)c1cc(C(F)(F)F)cc(C(F)(F)F)c1)c1ccccc1. The maximum Gasteiger partial charge on any atom is 0.416 e. The molecule has 0 aliphatic rings. The molecule has 0 aliphatic carbocycles. The number of para-hydroxylation sites is 2. The molecule has 0 fully saturated rings. The Morgan fingerprint density at radius 3 is 2.02 bits per heavy atom. The molecule has 0 saturated heterocycles. The van der Waals surface area contributed by atoms with Crippen molar-refractivity contribution in [2.45, 2.75) is 44.6 Å². The van der Waals surface area contributed by atoms with Crippen LogP contribution in [0.25, 0.3) is 10.9 Å². The highest BCUT2D eigenvalue weighted by Gasteiger charge is 2.38. The molecule has 4 aromatic rings. The number of hydrogen-bond acceptors (Lipinski definition) is 2. The van der Waals surface area contributed by atoms with Crippen LogP contribution in [0.2, 0.25) is 0 Å².